The predicted molar refractivity (Wildman–Crippen MR) is 112 cm³/mol. The Morgan fingerprint density at radius 1 is 1.19 bits per heavy atom. The molecule has 162 valence electrons. The zero-order chi connectivity index (χ0) is 22.3. The Bertz CT molecular complexity index is 1350. The molecule has 31 heavy (non-hydrogen) atoms. The molecule has 0 spiro atoms. The lowest BCUT2D eigenvalue weighted by molar-refractivity contribution is 0.101. The van der Waals surface area contributed by atoms with Gasteiger partial charge in [0.1, 0.15) is 17.3 Å². The van der Waals surface area contributed by atoms with E-state index in [1.54, 1.807) is 26.0 Å². The molecule has 1 aromatic carbocycles. The van der Waals surface area contributed by atoms with Crippen LogP contribution >= 0.6 is 0 Å². The Hall–Kier alpha value is -3.34. The van der Waals surface area contributed by atoms with Gasteiger partial charge in [0.25, 0.3) is 5.91 Å². The minimum absolute atomic E-state index is 0.0524. The third kappa shape index (κ3) is 4.13. The molecule has 1 aliphatic rings. The quantitative estimate of drug-likeness (QED) is 0.655. The number of halogens is 1. The molecule has 0 saturated carbocycles. The number of nitrogens with one attached hydrogen (secondary N) is 1. The van der Waals surface area contributed by atoms with Crippen molar-refractivity contribution < 1.29 is 17.6 Å². The lowest BCUT2D eigenvalue weighted by Crippen LogP contribution is -2.28. The minimum atomic E-state index is -3.16. The lowest BCUT2D eigenvalue weighted by Gasteiger charge is -2.14. The molecule has 3 aromatic rings. The first-order valence-corrected chi connectivity index (χ1v) is 11.4. The van der Waals surface area contributed by atoms with Crippen molar-refractivity contribution in [2.24, 2.45) is 0 Å². The fraction of sp³-hybridized carbons (Fsp3) is 0.300. The first kappa shape index (κ1) is 20.9. The van der Waals surface area contributed by atoms with Gasteiger partial charge in [0, 0.05) is 17.8 Å². The average Bonchev–Trinajstić information content (AvgIpc) is 3.24. The van der Waals surface area contributed by atoms with Crippen LogP contribution in [0.4, 0.5) is 10.2 Å². The molecule has 1 amide bonds. The summed E-state index contributed by atoms with van der Waals surface area (Å²) in [6, 6.07) is 8.28. The summed E-state index contributed by atoms with van der Waals surface area (Å²) in [5.41, 5.74) is 0.0159. The van der Waals surface area contributed by atoms with Crippen molar-refractivity contribution >= 4 is 21.6 Å². The van der Waals surface area contributed by atoms with Crippen molar-refractivity contribution in [2.45, 2.75) is 26.3 Å². The number of hydrogen-bond acceptors (Lipinski definition) is 6. The standard InChI is InChI=1S/C20H20FN5O4S/c1-12-9-18(26(23-12)14-7-8-31(29,30)11-14)22-20(28)19-17(27)10-13(2)25(24-19)16-6-4-3-5-15(16)21/h3-6,9-10,14H,7-8,11H2,1-2H3,(H,22,28). The van der Waals surface area contributed by atoms with Crippen molar-refractivity contribution in [1.82, 2.24) is 19.6 Å². The Morgan fingerprint density at radius 3 is 2.61 bits per heavy atom. The fourth-order valence-corrected chi connectivity index (χ4v) is 5.30. The Morgan fingerprint density at radius 2 is 1.94 bits per heavy atom. The summed E-state index contributed by atoms with van der Waals surface area (Å²) in [4.78, 5) is 25.3. The summed E-state index contributed by atoms with van der Waals surface area (Å²) in [6.45, 7) is 3.30. The largest absolute Gasteiger partial charge is 0.305 e. The summed E-state index contributed by atoms with van der Waals surface area (Å²) >= 11 is 0. The maximum absolute atomic E-state index is 14.2. The predicted octanol–water partition coefficient (Wildman–Crippen LogP) is 1.80. The van der Waals surface area contributed by atoms with Crippen LogP contribution in [0.3, 0.4) is 0 Å². The second-order valence-electron chi connectivity index (χ2n) is 7.49. The van der Waals surface area contributed by atoms with Crippen LogP contribution in [0.25, 0.3) is 5.69 Å². The summed E-state index contributed by atoms with van der Waals surface area (Å²) in [5.74, 6) is -1.10. The third-order valence-corrected chi connectivity index (χ3v) is 6.81. The number of aryl methyl sites for hydroxylation is 2. The van der Waals surface area contributed by atoms with E-state index in [9.17, 15) is 22.4 Å². The van der Waals surface area contributed by atoms with E-state index < -0.39 is 38.7 Å². The van der Waals surface area contributed by atoms with E-state index in [2.05, 4.69) is 15.5 Å². The van der Waals surface area contributed by atoms with Gasteiger partial charge >= 0.3 is 0 Å². The second-order valence-corrected chi connectivity index (χ2v) is 9.72. The van der Waals surface area contributed by atoms with Gasteiger partial charge in [-0.25, -0.2) is 22.2 Å². The van der Waals surface area contributed by atoms with Crippen molar-refractivity contribution in [3.63, 3.8) is 0 Å². The Labute approximate surface area is 177 Å². The van der Waals surface area contributed by atoms with Crippen molar-refractivity contribution in [1.29, 1.82) is 0 Å². The lowest BCUT2D eigenvalue weighted by atomic mass is 10.2. The van der Waals surface area contributed by atoms with Gasteiger partial charge in [-0.3, -0.25) is 9.59 Å². The zero-order valence-electron chi connectivity index (χ0n) is 16.9. The molecule has 11 heteroatoms. The summed E-state index contributed by atoms with van der Waals surface area (Å²) < 4.78 is 40.6. The van der Waals surface area contributed by atoms with Crippen molar-refractivity contribution in [3.8, 4) is 5.69 Å². The van der Waals surface area contributed by atoms with Crippen LogP contribution in [0.5, 0.6) is 0 Å². The number of anilines is 1. The number of para-hydroxylation sites is 1. The number of rotatable bonds is 4. The molecule has 1 atom stereocenters. The van der Waals surface area contributed by atoms with Gasteiger partial charge in [0.15, 0.2) is 15.5 Å². The number of aromatic nitrogens is 4. The molecule has 1 unspecified atom stereocenters. The highest BCUT2D eigenvalue weighted by Gasteiger charge is 2.31. The first-order chi connectivity index (χ1) is 14.6. The van der Waals surface area contributed by atoms with Crippen LogP contribution in [-0.4, -0.2) is 45.4 Å². The number of carbonyl (C=O) groups is 1. The Balaban J connectivity index is 1.69. The van der Waals surface area contributed by atoms with Crippen LogP contribution in [0, 0.1) is 19.7 Å². The number of carbonyl (C=O) groups excluding carboxylic acids is 1. The van der Waals surface area contributed by atoms with Crippen molar-refractivity contribution in [2.75, 3.05) is 16.8 Å². The normalized spacial score (nSPS) is 17.6. The van der Waals surface area contributed by atoms with E-state index in [1.807, 2.05) is 0 Å². The monoisotopic (exact) mass is 445 g/mol. The number of hydrogen-bond donors (Lipinski definition) is 1. The number of benzene rings is 1. The number of nitrogens with zero attached hydrogens (tertiary/aromatic N) is 4. The molecular weight excluding hydrogens is 425 g/mol. The third-order valence-electron chi connectivity index (χ3n) is 5.06. The maximum atomic E-state index is 14.2. The van der Waals surface area contributed by atoms with Gasteiger partial charge in [-0.1, -0.05) is 12.1 Å². The molecule has 1 fully saturated rings. The minimum Gasteiger partial charge on any atom is -0.305 e. The molecule has 0 radical (unpaired) electrons. The van der Waals surface area contributed by atoms with Crippen LogP contribution < -0.4 is 10.7 Å². The van der Waals surface area contributed by atoms with Gasteiger partial charge < -0.3 is 5.32 Å². The fourth-order valence-electron chi connectivity index (χ4n) is 3.60. The number of sulfone groups is 1. The molecule has 1 saturated heterocycles. The van der Waals surface area contributed by atoms with Crippen molar-refractivity contribution in [3.05, 3.63) is 69.5 Å². The first-order valence-electron chi connectivity index (χ1n) is 9.58. The maximum Gasteiger partial charge on any atom is 0.281 e. The van der Waals surface area contributed by atoms with E-state index in [-0.39, 0.29) is 23.0 Å². The van der Waals surface area contributed by atoms with Gasteiger partial charge in [-0.05, 0) is 32.4 Å². The molecule has 1 aliphatic heterocycles. The van der Waals surface area contributed by atoms with E-state index in [1.165, 1.54) is 33.6 Å². The van der Waals surface area contributed by atoms with E-state index in [0.29, 0.717) is 17.8 Å². The molecule has 0 aliphatic carbocycles. The number of amides is 1. The molecular formula is C20H20FN5O4S. The van der Waals surface area contributed by atoms with Crippen LogP contribution in [0.1, 0.15) is 34.3 Å². The van der Waals surface area contributed by atoms with Gasteiger partial charge in [-0.2, -0.15) is 10.2 Å². The highest BCUT2D eigenvalue weighted by atomic mass is 32.2. The summed E-state index contributed by atoms with van der Waals surface area (Å²) in [5, 5.41) is 11.0. The van der Waals surface area contributed by atoms with Gasteiger partial charge in [0.2, 0.25) is 5.43 Å². The smallest absolute Gasteiger partial charge is 0.281 e. The summed E-state index contributed by atoms with van der Waals surface area (Å²) in [6.07, 6.45) is 0.384. The van der Waals surface area contributed by atoms with Crippen LogP contribution in [-0.2, 0) is 9.84 Å². The Kier molecular flexibility index (Phi) is 5.21. The second kappa shape index (κ2) is 7.73. The SMILES string of the molecule is Cc1cc(NC(=O)c2nn(-c3ccccc3F)c(C)cc2=O)n(C2CCS(=O)(=O)C2)n1. The molecule has 0 bridgehead atoms. The molecule has 9 nitrogen and oxygen atoms in total. The molecule has 1 N–H and O–H groups in total. The van der Waals surface area contributed by atoms with Crippen LogP contribution in [0.15, 0.2) is 41.2 Å². The zero-order valence-corrected chi connectivity index (χ0v) is 17.7. The van der Waals surface area contributed by atoms with E-state index in [0.717, 1.165) is 0 Å². The summed E-state index contributed by atoms with van der Waals surface area (Å²) in [7, 11) is -3.16. The highest BCUT2D eigenvalue weighted by molar-refractivity contribution is 7.91. The molecule has 2 aromatic heterocycles. The van der Waals surface area contributed by atoms with E-state index in [4.69, 9.17) is 0 Å². The topological polar surface area (TPSA) is 116 Å². The van der Waals surface area contributed by atoms with Gasteiger partial charge in [-0.15, -0.1) is 0 Å². The molecule has 3 heterocycles. The van der Waals surface area contributed by atoms with Gasteiger partial charge in [0.05, 0.1) is 23.2 Å². The highest BCUT2D eigenvalue weighted by Crippen LogP contribution is 2.27. The van der Waals surface area contributed by atoms with Crippen LogP contribution in [0.2, 0.25) is 0 Å². The van der Waals surface area contributed by atoms with E-state index >= 15 is 0 Å². The average molecular weight is 445 g/mol. The molecule has 4 rings (SSSR count).